The summed E-state index contributed by atoms with van der Waals surface area (Å²) in [6.07, 6.45) is 0. The van der Waals surface area contributed by atoms with E-state index in [2.05, 4.69) is 4.94 Å². The number of nitro groups is 1. The van der Waals surface area contributed by atoms with Gasteiger partial charge in [0.1, 0.15) is 0 Å². The average Bonchev–Trinajstić information content (AvgIpc) is 2.15. The van der Waals surface area contributed by atoms with Gasteiger partial charge < -0.3 is 0 Å². The minimum atomic E-state index is -1.03. The Kier molecular flexibility index (Phi) is 2.79. The van der Waals surface area contributed by atoms with Gasteiger partial charge >= 0.3 is 5.09 Å². The summed E-state index contributed by atoms with van der Waals surface area (Å²) < 4.78 is 0. The molecule has 0 radical (unpaired) electrons. The van der Waals surface area contributed by atoms with E-state index in [9.17, 15) is 20.2 Å². The number of rotatable bonds is 4. The molecule has 8 heteroatoms. The van der Waals surface area contributed by atoms with E-state index in [1.54, 1.807) is 0 Å². The average molecular weight is 199 g/mol. The third kappa shape index (κ3) is 2.59. The van der Waals surface area contributed by atoms with E-state index in [4.69, 9.17) is 0 Å². The number of hydrogen-bond donors (Lipinski definition) is 1. The summed E-state index contributed by atoms with van der Waals surface area (Å²) in [4.78, 5) is 23.2. The van der Waals surface area contributed by atoms with Crippen molar-refractivity contribution in [2.45, 2.75) is 0 Å². The van der Waals surface area contributed by atoms with Crippen LogP contribution in [-0.4, -0.2) is 10.0 Å². The maximum Gasteiger partial charge on any atom is 0.316 e. The van der Waals surface area contributed by atoms with E-state index in [-0.39, 0.29) is 11.4 Å². The highest BCUT2D eigenvalue weighted by molar-refractivity contribution is 5.46. The Balaban J connectivity index is 2.64. The minimum Gasteiger partial charge on any atom is -0.258 e. The lowest BCUT2D eigenvalue weighted by Gasteiger charge is -2.00. The van der Waals surface area contributed by atoms with E-state index in [1.165, 1.54) is 24.3 Å². The third-order valence-electron chi connectivity index (χ3n) is 1.32. The predicted molar refractivity (Wildman–Crippen MR) is 44.8 cm³/mol. The van der Waals surface area contributed by atoms with Crippen LogP contribution >= 0.6 is 0 Å². The van der Waals surface area contributed by atoms with Gasteiger partial charge in [0.05, 0.1) is 10.6 Å². The Hall–Kier alpha value is -2.38. The van der Waals surface area contributed by atoms with Crippen molar-refractivity contribution in [2.75, 3.05) is 5.48 Å². The van der Waals surface area contributed by atoms with Crippen LogP contribution in [0.15, 0.2) is 24.3 Å². The number of anilines is 1. The maximum atomic E-state index is 10.2. The molecule has 14 heavy (non-hydrogen) atoms. The standard InChI is InChI=1S/C6H5N3O5/c10-8(11)6-3-1-5(2-4-6)7-14-9(12)13/h1-4,7H. The van der Waals surface area contributed by atoms with Crippen molar-refractivity contribution in [3.63, 3.8) is 0 Å². The van der Waals surface area contributed by atoms with Gasteiger partial charge in [-0.1, -0.05) is 0 Å². The molecule has 0 bridgehead atoms. The van der Waals surface area contributed by atoms with Crippen molar-refractivity contribution in [3.8, 4) is 0 Å². The summed E-state index contributed by atoms with van der Waals surface area (Å²) in [5.41, 5.74) is 2.14. The normalized spacial score (nSPS) is 9.14. The Morgan fingerprint density at radius 3 is 2.14 bits per heavy atom. The molecule has 1 rings (SSSR count). The molecule has 0 atom stereocenters. The van der Waals surface area contributed by atoms with Gasteiger partial charge in [-0.05, 0) is 12.1 Å². The fourth-order valence-electron chi connectivity index (χ4n) is 0.741. The Morgan fingerprint density at radius 2 is 1.71 bits per heavy atom. The summed E-state index contributed by atoms with van der Waals surface area (Å²) in [5.74, 6) is 0. The number of nitrogens with zero attached hydrogens (tertiary/aromatic N) is 2. The van der Waals surface area contributed by atoms with Crippen LogP contribution in [0.3, 0.4) is 0 Å². The second kappa shape index (κ2) is 4.03. The molecule has 1 aromatic carbocycles. The van der Waals surface area contributed by atoms with E-state index in [0.717, 1.165) is 0 Å². The van der Waals surface area contributed by atoms with Crippen LogP contribution in [0.1, 0.15) is 0 Å². The molecule has 0 saturated heterocycles. The summed E-state index contributed by atoms with van der Waals surface area (Å²) in [5, 5.41) is 19.0. The van der Waals surface area contributed by atoms with Crippen molar-refractivity contribution in [2.24, 2.45) is 0 Å². The van der Waals surface area contributed by atoms with Crippen molar-refractivity contribution >= 4 is 11.4 Å². The summed E-state index contributed by atoms with van der Waals surface area (Å²) in [6, 6.07) is 4.99. The number of nitro benzene ring substituents is 1. The molecule has 8 nitrogen and oxygen atoms in total. The minimum absolute atomic E-state index is 0.100. The molecule has 0 fully saturated rings. The molecule has 0 aromatic heterocycles. The maximum absolute atomic E-state index is 10.2. The Labute approximate surface area is 77.3 Å². The first-order chi connectivity index (χ1) is 6.59. The largest absolute Gasteiger partial charge is 0.316 e. The second-order valence-electron chi connectivity index (χ2n) is 2.22. The van der Waals surface area contributed by atoms with E-state index < -0.39 is 10.0 Å². The van der Waals surface area contributed by atoms with E-state index >= 15 is 0 Å². The van der Waals surface area contributed by atoms with Gasteiger partial charge in [-0.25, -0.2) is 5.48 Å². The number of benzene rings is 1. The molecule has 0 aliphatic carbocycles. The highest BCUT2D eigenvalue weighted by atomic mass is 17.0. The fourth-order valence-corrected chi connectivity index (χ4v) is 0.741. The summed E-state index contributed by atoms with van der Waals surface area (Å²) in [7, 11) is 0. The van der Waals surface area contributed by atoms with Crippen molar-refractivity contribution in [1.29, 1.82) is 0 Å². The summed E-state index contributed by atoms with van der Waals surface area (Å²) in [6.45, 7) is 0. The molecule has 0 heterocycles. The van der Waals surface area contributed by atoms with Gasteiger partial charge in [0.2, 0.25) is 0 Å². The second-order valence-corrected chi connectivity index (χ2v) is 2.22. The first kappa shape index (κ1) is 9.71. The lowest BCUT2D eigenvalue weighted by Crippen LogP contribution is -2.07. The van der Waals surface area contributed by atoms with Crippen molar-refractivity contribution in [3.05, 3.63) is 44.5 Å². The van der Waals surface area contributed by atoms with E-state index in [0.29, 0.717) is 0 Å². The molecule has 1 aromatic rings. The van der Waals surface area contributed by atoms with Crippen LogP contribution in [0.4, 0.5) is 11.4 Å². The van der Waals surface area contributed by atoms with Gasteiger partial charge in [0, 0.05) is 12.1 Å². The first-order valence-corrected chi connectivity index (χ1v) is 3.41. The monoisotopic (exact) mass is 199 g/mol. The molecule has 0 aliphatic heterocycles. The van der Waals surface area contributed by atoms with Gasteiger partial charge in [0.15, 0.2) is 0 Å². The van der Waals surface area contributed by atoms with Crippen LogP contribution in [0.25, 0.3) is 0 Å². The molecule has 74 valence electrons. The molecular formula is C6H5N3O5. The fraction of sp³-hybridized carbons (Fsp3) is 0. The molecule has 0 saturated carbocycles. The third-order valence-corrected chi connectivity index (χ3v) is 1.32. The molecule has 0 aliphatic rings. The molecule has 1 N–H and O–H groups in total. The zero-order valence-corrected chi connectivity index (χ0v) is 6.75. The number of non-ortho nitro benzene ring substituents is 1. The van der Waals surface area contributed by atoms with Crippen molar-refractivity contribution in [1.82, 2.24) is 0 Å². The van der Waals surface area contributed by atoms with Crippen LogP contribution in [-0.2, 0) is 4.94 Å². The highest BCUT2D eigenvalue weighted by Crippen LogP contribution is 2.14. The van der Waals surface area contributed by atoms with Gasteiger partial charge in [-0.2, -0.15) is 4.94 Å². The first-order valence-electron chi connectivity index (χ1n) is 3.41. The SMILES string of the molecule is O=[N+]([O-])ONc1ccc([N+](=O)[O-])cc1. The van der Waals surface area contributed by atoms with Crippen LogP contribution in [0.5, 0.6) is 0 Å². The number of hydrogen-bond acceptors (Lipinski definition) is 6. The molecule has 0 spiro atoms. The quantitative estimate of drug-likeness (QED) is 0.575. The van der Waals surface area contributed by atoms with Crippen LogP contribution in [0, 0.1) is 20.2 Å². The molecule has 0 amide bonds. The number of nitrogens with one attached hydrogen (secondary N) is 1. The molecular weight excluding hydrogens is 194 g/mol. The van der Waals surface area contributed by atoms with Gasteiger partial charge in [-0.3, -0.25) is 10.1 Å². The van der Waals surface area contributed by atoms with Gasteiger partial charge in [-0.15, -0.1) is 10.1 Å². The van der Waals surface area contributed by atoms with Gasteiger partial charge in [0.25, 0.3) is 5.69 Å². The van der Waals surface area contributed by atoms with Crippen molar-refractivity contribution < 1.29 is 14.9 Å². The predicted octanol–water partition coefficient (Wildman–Crippen LogP) is 1.13. The zero-order chi connectivity index (χ0) is 10.6. The van der Waals surface area contributed by atoms with Crippen LogP contribution < -0.4 is 5.48 Å². The highest BCUT2D eigenvalue weighted by Gasteiger charge is 2.03. The summed E-state index contributed by atoms with van der Waals surface area (Å²) >= 11 is 0. The lowest BCUT2D eigenvalue weighted by atomic mass is 10.3. The van der Waals surface area contributed by atoms with Crippen LogP contribution in [0.2, 0.25) is 0 Å². The Morgan fingerprint density at radius 1 is 1.14 bits per heavy atom. The topological polar surface area (TPSA) is 108 Å². The van der Waals surface area contributed by atoms with E-state index in [1.807, 2.05) is 5.48 Å². The smallest absolute Gasteiger partial charge is 0.258 e. The molecule has 0 unspecified atom stereocenters. The zero-order valence-electron chi connectivity index (χ0n) is 6.75. The lowest BCUT2D eigenvalue weighted by molar-refractivity contribution is -0.748. The Bertz CT molecular complexity index is 349.